The molecule has 0 aliphatic rings. The molecule has 2 rings (SSSR count). The van der Waals surface area contributed by atoms with Gasteiger partial charge in [-0.1, -0.05) is 42.5 Å². The third-order valence-electron chi connectivity index (χ3n) is 3.15. The minimum atomic E-state index is -0.560. The van der Waals surface area contributed by atoms with Crippen LogP contribution in [0.5, 0.6) is 5.75 Å². The molecule has 1 unspecified atom stereocenters. The van der Waals surface area contributed by atoms with Gasteiger partial charge in [0.15, 0.2) is 0 Å². The van der Waals surface area contributed by atoms with Crippen LogP contribution in [0.15, 0.2) is 54.6 Å². The molecule has 0 saturated carbocycles. The van der Waals surface area contributed by atoms with Gasteiger partial charge in [0.05, 0.1) is 19.8 Å². The van der Waals surface area contributed by atoms with E-state index in [4.69, 9.17) is 9.47 Å². The zero-order chi connectivity index (χ0) is 14.4. The number of methoxy groups -OCH3 is 1. The van der Waals surface area contributed by atoms with Gasteiger partial charge in [0.1, 0.15) is 11.9 Å². The Morgan fingerprint density at radius 1 is 1.00 bits per heavy atom. The van der Waals surface area contributed by atoms with Crippen molar-refractivity contribution in [3.63, 3.8) is 0 Å². The fourth-order valence-corrected chi connectivity index (χ4v) is 2.06. The van der Waals surface area contributed by atoms with Crippen LogP contribution in [0, 0.1) is 0 Å². The summed E-state index contributed by atoms with van der Waals surface area (Å²) < 4.78 is 11.0. The summed E-state index contributed by atoms with van der Waals surface area (Å²) in [7, 11) is 1.64. The van der Waals surface area contributed by atoms with Gasteiger partial charge >= 0.3 is 0 Å². The molecule has 1 N–H and O–H groups in total. The second-order valence-corrected chi connectivity index (χ2v) is 4.73. The van der Waals surface area contributed by atoms with Gasteiger partial charge in [-0.05, 0) is 30.2 Å². The average Bonchev–Trinajstić information content (AvgIpc) is 2.49. The lowest BCUT2D eigenvalue weighted by molar-refractivity contribution is -0.0401. The van der Waals surface area contributed by atoms with Crippen molar-refractivity contribution in [1.82, 2.24) is 0 Å². The molecule has 0 saturated heterocycles. The van der Waals surface area contributed by atoms with Crippen LogP contribution >= 0.6 is 0 Å². The molecule has 3 heteroatoms. The summed E-state index contributed by atoms with van der Waals surface area (Å²) in [6.45, 7) is 2.19. The van der Waals surface area contributed by atoms with E-state index in [-0.39, 0.29) is 6.10 Å². The van der Waals surface area contributed by atoms with Crippen molar-refractivity contribution in [3.05, 3.63) is 65.7 Å². The van der Waals surface area contributed by atoms with E-state index in [1.54, 1.807) is 14.0 Å². The SMILES string of the molecule is COc1ccc(COC(c2ccccc2)[C@H](C)O)cc1. The minimum absolute atomic E-state index is 0.321. The summed E-state index contributed by atoms with van der Waals surface area (Å²) in [6.07, 6.45) is -0.881. The average molecular weight is 272 g/mol. The van der Waals surface area contributed by atoms with Crippen molar-refractivity contribution in [1.29, 1.82) is 0 Å². The molecule has 0 aliphatic heterocycles. The lowest BCUT2D eigenvalue weighted by Crippen LogP contribution is -2.17. The standard InChI is InChI=1S/C17H20O3/c1-13(18)17(15-6-4-3-5-7-15)20-12-14-8-10-16(19-2)11-9-14/h3-11,13,17-18H,12H2,1-2H3/t13-,17?/m0/s1. The number of hydrogen-bond donors (Lipinski definition) is 1. The van der Waals surface area contributed by atoms with Crippen molar-refractivity contribution < 1.29 is 14.6 Å². The Hall–Kier alpha value is -1.84. The highest BCUT2D eigenvalue weighted by atomic mass is 16.5. The van der Waals surface area contributed by atoms with E-state index in [9.17, 15) is 5.11 Å². The van der Waals surface area contributed by atoms with Crippen LogP contribution in [-0.4, -0.2) is 18.3 Å². The van der Waals surface area contributed by atoms with E-state index in [1.165, 1.54) is 0 Å². The summed E-state index contributed by atoms with van der Waals surface area (Å²) in [5, 5.41) is 9.88. The maximum absolute atomic E-state index is 9.88. The fraction of sp³-hybridized carbons (Fsp3) is 0.294. The minimum Gasteiger partial charge on any atom is -0.497 e. The molecule has 0 radical (unpaired) electrons. The molecule has 2 atom stereocenters. The summed E-state index contributed by atoms with van der Waals surface area (Å²) in [5.41, 5.74) is 2.03. The van der Waals surface area contributed by atoms with Gasteiger partial charge in [-0.3, -0.25) is 0 Å². The Balaban J connectivity index is 2.02. The molecule has 3 nitrogen and oxygen atoms in total. The van der Waals surface area contributed by atoms with E-state index < -0.39 is 6.10 Å². The number of aliphatic hydroxyl groups excluding tert-OH is 1. The third kappa shape index (κ3) is 3.83. The highest BCUT2D eigenvalue weighted by Crippen LogP contribution is 2.23. The normalized spacial score (nSPS) is 13.8. The van der Waals surface area contributed by atoms with E-state index in [0.29, 0.717) is 6.61 Å². The van der Waals surface area contributed by atoms with Crippen LogP contribution in [0.2, 0.25) is 0 Å². The van der Waals surface area contributed by atoms with E-state index in [1.807, 2.05) is 54.6 Å². The Labute approximate surface area is 119 Å². The van der Waals surface area contributed by atoms with Gasteiger partial charge in [-0.25, -0.2) is 0 Å². The predicted molar refractivity (Wildman–Crippen MR) is 78.6 cm³/mol. The van der Waals surface area contributed by atoms with Crippen molar-refractivity contribution in [2.75, 3.05) is 7.11 Å². The van der Waals surface area contributed by atoms with Gasteiger partial charge in [-0.2, -0.15) is 0 Å². The van der Waals surface area contributed by atoms with Gasteiger partial charge in [-0.15, -0.1) is 0 Å². The maximum Gasteiger partial charge on any atom is 0.118 e. The Bertz CT molecular complexity index is 506. The van der Waals surface area contributed by atoms with Crippen LogP contribution in [0.4, 0.5) is 0 Å². The van der Waals surface area contributed by atoms with Crippen molar-refractivity contribution in [2.45, 2.75) is 25.7 Å². The number of rotatable bonds is 6. The van der Waals surface area contributed by atoms with E-state index in [0.717, 1.165) is 16.9 Å². The Morgan fingerprint density at radius 3 is 2.20 bits per heavy atom. The van der Waals surface area contributed by atoms with Crippen molar-refractivity contribution in [3.8, 4) is 5.75 Å². The first-order chi connectivity index (χ1) is 9.70. The quantitative estimate of drug-likeness (QED) is 0.876. The molecule has 0 heterocycles. The summed E-state index contributed by atoms with van der Waals surface area (Å²) in [4.78, 5) is 0. The summed E-state index contributed by atoms with van der Waals surface area (Å²) in [5.74, 6) is 0.823. The molecule has 0 amide bonds. The highest BCUT2D eigenvalue weighted by Gasteiger charge is 2.17. The number of benzene rings is 2. The molecule has 0 aromatic heterocycles. The lowest BCUT2D eigenvalue weighted by atomic mass is 10.1. The van der Waals surface area contributed by atoms with E-state index in [2.05, 4.69) is 0 Å². The van der Waals surface area contributed by atoms with Gasteiger partial charge < -0.3 is 14.6 Å². The zero-order valence-electron chi connectivity index (χ0n) is 11.8. The van der Waals surface area contributed by atoms with Crippen molar-refractivity contribution in [2.24, 2.45) is 0 Å². The summed E-state index contributed by atoms with van der Waals surface area (Å²) in [6, 6.07) is 17.5. The largest absolute Gasteiger partial charge is 0.497 e. The Kier molecular flexibility index (Phi) is 5.16. The predicted octanol–water partition coefficient (Wildman–Crippen LogP) is 3.33. The maximum atomic E-state index is 9.88. The number of hydrogen-bond acceptors (Lipinski definition) is 3. The van der Waals surface area contributed by atoms with Gasteiger partial charge in [0, 0.05) is 0 Å². The van der Waals surface area contributed by atoms with Gasteiger partial charge in [0.25, 0.3) is 0 Å². The number of ether oxygens (including phenoxy) is 2. The molecule has 0 spiro atoms. The Morgan fingerprint density at radius 2 is 1.65 bits per heavy atom. The van der Waals surface area contributed by atoms with Crippen LogP contribution < -0.4 is 4.74 Å². The highest BCUT2D eigenvalue weighted by molar-refractivity contribution is 5.27. The first kappa shape index (κ1) is 14.6. The molecule has 20 heavy (non-hydrogen) atoms. The molecule has 0 fully saturated rings. The first-order valence-electron chi connectivity index (χ1n) is 6.68. The molecule has 106 valence electrons. The van der Waals surface area contributed by atoms with Gasteiger partial charge in [0.2, 0.25) is 0 Å². The molecule has 2 aromatic carbocycles. The number of aliphatic hydroxyl groups is 1. The second kappa shape index (κ2) is 7.08. The molecule has 2 aromatic rings. The van der Waals surface area contributed by atoms with Crippen molar-refractivity contribution >= 4 is 0 Å². The van der Waals surface area contributed by atoms with Crippen LogP contribution in [-0.2, 0) is 11.3 Å². The van der Waals surface area contributed by atoms with Crippen LogP contribution in [0.3, 0.4) is 0 Å². The topological polar surface area (TPSA) is 38.7 Å². The zero-order valence-corrected chi connectivity index (χ0v) is 11.8. The van der Waals surface area contributed by atoms with E-state index >= 15 is 0 Å². The molecular formula is C17H20O3. The second-order valence-electron chi connectivity index (χ2n) is 4.73. The first-order valence-corrected chi connectivity index (χ1v) is 6.68. The van der Waals surface area contributed by atoms with Crippen LogP contribution in [0.25, 0.3) is 0 Å². The monoisotopic (exact) mass is 272 g/mol. The summed E-state index contributed by atoms with van der Waals surface area (Å²) >= 11 is 0. The smallest absolute Gasteiger partial charge is 0.118 e. The molecular weight excluding hydrogens is 252 g/mol. The molecule has 0 bridgehead atoms. The fourth-order valence-electron chi connectivity index (χ4n) is 2.06. The molecule has 0 aliphatic carbocycles. The third-order valence-corrected chi connectivity index (χ3v) is 3.15. The lowest BCUT2D eigenvalue weighted by Gasteiger charge is -2.21. The van der Waals surface area contributed by atoms with Crippen LogP contribution in [0.1, 0.15) is 24.2 Å².